The van der Waals surface area contributed by atoms with Crippen LogP contribution in [0.25, 0.3) is 0 Å². The van der Waals surface area contributed by atoms with Crippen LogP contribution in [-0.2, 0) is 0 Å². The van der Waals surface area contributed by atoms with E-state index in [-0.39, 0.29) is 0 Å². The summed E-state index contributed by atoms with van der Waals surface area (Å²) in [6, 6.07) is 8.24. The Morgan fingerprint density at radius 1 is 1.18 bits per heavy atom. The summed E-state index contributed by atoms with van der Waals surface area (Å²) in [6.45, 7) is 0. The smallest absolute Gasteiger partial charge is 0.0813 e. The Kier molecular flexibility index (Phi) is 2.01. The zero-order valence-corrected chi connectivity index (χ0v) is 7.44. The Bertz CT molecular complexity index is 264. The molecule has 0 amide bonds. The number of hydrogen-bond acceptors (Lipinski definition) is 2. The fraction of sp³-hybridized carbons (Fsp3) is 0. The molecule has 0 saturated heterocycles. The molecule has 0 bridgehead atoms. The fourth-order valence-electron chi connectivity index (χ4n) is 0.799. The Hall–Kier alpha value is -0.670. The molecule has 11 heavy (non-hydrogen) atoms. The second kappa shape index (κ2) is 3.15. The molecule has 2 heterocycles. The van der Waals surface area contributed by atoms with Crippen molar-refractivity contribution in [3.8, 4) is 0 Å². The Balaban J connectivity index is 2.14. The van der Waals surface area contributed by atoms with E-state index in [0.717, 1.165) is 0 Å². The summed E-state index contributed by atoms with van der Waals surface area (Å²) < 4.78 is 3.41. The normalized spacial score (nSPS) is 10.2. The number of hydrogen-bond donors (Lipinski definition) is 0. The number of thiophene rings is 1. The van der Waals surface area contributed by atoms with Crippen molar-refractivity contribution in [2.75, 3.05) is 0 Å². The van der Waals surface area contributed by atoms with Gasteiger partial charge in [-0.25, -0.2) is 0 Å². The first-order valence-electron chi connectivity index (χ1n) is 3.30. The van der Waals surface area contributed by atoms with Gasteiger partial charge in [0.25, 0.3) is 0 Å². The highest BCUT2D eigenvalue weighted by Crippen LogP contribution is 2.24. The van der Waals surface area contributed by atoms with Crippen LogP contribution in [0.2, 0.25) is 0 Å². The van der Waals surface area contributed by atoms with Crippen LogP contribution in [0.1, 0.15) is 0 Å². The highest BCUT2D eigenvalue weighted by atomic mass is 32.2. The summed E-state index contributed by atoms with van der Waals surface area (Å²) in [5.41, 5.74) is 0. The molecule has 0 aliphatic rings. The van der Waals surface area contributed by atoms with Crippen LogP contribution in [0.3, 0.4) is 0 Å². The SMILES string of the molecule is c1csc(Sn2cccc2)c1. The lowest BCUT2D eigenvalue weighted by Gasteiger charge is -1.95. The molecule has 2 aromatic rings. The van der Waals surface area contributed by atoms with E-state index in [9.17, 15) is 0 Å². The second-order valence-corrected chi connectivity index (χ2v) is 4.32. The van der Waals surface area contributed by atoms with E-state index in [1.807, 2.05) is 24.5 Å². The zero-order chi connectivity index (χ0) is 7.52. The summed E-state index contributed by atoms with van der Waals surface area (Å²) in [4.78, 5) is 0. The molecular weight excluding hydrogens is 174 g/mol. The minimum Gasteiger partial charge on any atom is -0.294 e. The lowest BCUT2D eigenvalue weighted by molar-refractivity contribution is 1.28. The highest BCUT2D eigenvalue weighted by Gasteiger charge is 1.93. The predicted molar refractivity (Wildman–Crippen MR) is 50.0 cm³/mol. The molecule has 0 radical (unpaired) electrons. The van der Waals surface area contributed by atoms with E-state index in [4.69, 9.17) is 0 Å². The molecule has 1 nitrogen and oxygen atoms in total. The highest BCUT2D eigenvalue weighted by molar-refractivity contribution is 7.99. The van der Waals surface area contributed by atoms with Gasteiger partial charge < -0.3 is 0 Å². The first-order chi connectivity index (χ1) is 5.45. The van der Waals surface area contributed by atoms with Crippen molar-refractivity contribution in [3.63, 3.8) is 0 Å². The van der Waals surface area contributed by atoms with E-state index in [0.29, 0.717) is 0 Å². The predicted octanol–water partition coefficient (Wildman–Crippen LogP) is 3.11. The minimum absolute atomic E-state index is 1.32. The summed E-state index contributed by atoms with van der Waals surface area (Å²) in [6.07, 6.45) is 4.09. The first-order valence-corrected chi connectivity index (χ1v) is 4.95. The van der Waals surface area contributed by atoms with Crippen LogP contribution < -0.4 is 0 Å². The van der Waals surface area contributed by atoms with Gasteiger partial charge in [0.15, 0.2) is 0 Å². The quantitative estimate of drug-likeness (QED) is 0.689. The maximum atomic E-state index is 2.12. The van der Waals surface area contributed by atoms with Crippen LogP contribution in [0.4, 0.5) is 0 Å². The van der Waals surface area contributed by atoms with Gasteiger partial charge in [-0.2, -0.15) is 0 Å². The van der Waals surface area contributed by atoms with Gasteiger partial charge in [-0.05, 0) is 23.6 Å². The summed E-state index contributed by atoms with van der Waals surface area (Å²) >= 11 is 3.50. The lowest BCUT2D eigenvalue weighted by Crippen LogP contribution is -1.75. The van der Waals surface area contributed by atoms with Crippen LogP contribution in [0.15, 0.2) is 46.2 Å². The maximum Gasteiger partial charge on any atom is 0.0813 e. The van der Waals surface area contributed by atoms with Gasteiger partial charge in [0, 0.05) is 24.3 Å². The van der Waals surface area contributed by atoms with Crippen LogP contribution in [0, 0.1) is 0 Å². The van der Waals surface area contributed by atoms with Crippen molar-refractivity contribution in [3.05, 3.63) is 42.0 Å². The molecule has 2 rings (SSSR count). The number of aromatic nitrogens is 1. The molecule has 0 spiro atoms. The van der Waals surface area contributed by atoms with E-state index < -0.39 is 0 Å². The van der Waals surface area contributed by atoms with Crippen molar-refractivity contribution in [1.29, 1.82) is 0 Å². The molecule has 2 aromatic heterocycles. The van der Waals surface area contributed by atoms with Crippen molar-refractivity contribution in [2.45, 2.75) is 4.21 Å². The molecule has 0 aliphatic heterocycles. The van der Waals surface area contributed by atoms with Crippen LogP contribution in [-0.4, -0.2) is 3.97 Å². The van der Waals surface area contributed by atoms with E-state index in [2.05, 4.69) is 21.5 Å². The van der Waals surface area contributed by atoms with Crippen molar-refractivity contribution < 1.29 is 0 Å². The standard InChI is InChI=1S/C8H7NS2/c1-2-6-9(5-1)11-8-4-3-7-10-8/h1-7H. The molecule has 0 N–H and O–H groups in total. The average Bonchev–Trinajstić information content (AvgIpc) is 2.60. The number of rotatable bonds is 2. The topological polar surface area (TPSA) is 4.93 Å². The van der Waals surface area contributed by atoms with Gasteiger partial charge in [0.05, 0.1) is 4.21 Å². The molecule has 0 aromatic carbocycles. The van der Waals surface area contributed by atoms with E-state index in [1.54, 1.807) is 23.3 Å². The number of nitrogens with zero attached hydrogens (tertiary/aromatic N) is 1. The third kappa shape index (κ3) is 1.67. The van der Waals surface area contributed by atoms with E-state index >= 15 is 0 Å². The van der Waals surface area contributed by atoms with Gasteiger partial charge in [-0.1, -0.05) is 6.07 Å². The zero-order valence-electron chi connectivity index (χ0n) is 5.81. The minimum atomic E-state index is 1.32. The molecular formula is C8H7NS2. The van der Waals surface area contributed by atoms with Crippen molar-refractivity contribution in [1.82, 2.24) is 3.97 Å². The fourth-order valence-corrected chi connectivity index (χ4v) is 2.45. The summed E-state index contributed by atoms with van der Waals surface area (Å²) in [7, 11) is 0. The van der Waals surface area contributed by atoms with Gasteiger partial charge in [0.1, 0.15) is 0 Å². The molecule has 0 saturated carbocycles. The van der Waals surface area contributed by atoms with Crippen molar-refractivity contribution >= 4 is 23.3 Å². The Morgan fingerprint density at radius 2 is 2.00 bits per heavy atom. The molecule has 0 unspecified atom stereocenters. The second-order valence-electron chi connectivity index (χ2n) is 2.07. The molecule has 0 atom stereocenters. The van der Waals surface area contributed by atoms with Crippen LogP contribution in [0.5, 0.6) is 0 Å². The third-order valence-electron chi connectivity index (χ3n) is 1.27. The monoisotopic (exact) mass is 181 g/mol. The molecule has 3 heteroatoms. The lowest BCUT2D eigenvalue weighted by atomic mass is 10.7. The van der Waals surface area contributed by atoms with Gasteiger partial charge >= 0.3 is 0 Å². The van der Waals surface area contributed by atoms with Crippen LogP contribution >= 0.6 is 23.3 Å². The molecule has 0 aliphatic carbocycles. The van der Waals surface area contributed by atoms with Gasteiger partial charge in [-0.15, -0.1) is 11.3 Å². The van der Waals surface area contributed by atoms with Gasteiger partial charge in [0.2, 0.25) is 0 Å². The Labute approximate surface area is 73.8 Å². The molecule has 56 valence electrons. The summed E-state index contributed by atoms with van der Waals surface area (Å²) in [5, 5.41) is 2.09. The third-order valence-corrected chi connectivity index (χ3v) is 3.21. The van der Waals surface area contributed by atoms with Crippen molar-refractivity contribution in [2.24, 2.45) is 0 Å². The molecule has 0 fully saturated rings. The largest absolute Gasteiger partial charge is 0.294 e. The first kappa shape index (κ1) is 7.00. The average molecular weight is 181 g/mol. The van der Waals surface area contributed by atoms with E-state index in [1.165, 1.54) is 4.21 Å². The van der Waals surface area contributed by atoms with Gasteiger partial charge in [-0.3, -0.25) is 3.97 Å². The summed E-state index contributed by atoms with van der Waals surface area (Å²) in [5.74, 6) is 0. The maximum absolute atomic E-state index is 2.12. The Morgan fingerprint density at radius 3 is 2.64 bits per heavy atom.